The van der Waals surface area contributed by atoms with Crippen molar-refractivity contribution in [1.29, 1.82) is 0 Å². The number of nitrogens with two attached hydrogens (primary N) is 1. The first kappa shape index (κ1) is 14.0. The van der Waals surface area contributed by atoms with E-state index < -0.39 is 6.36 Å². The summed E-state index contributed by atoms with van der Waals surface area (Å²) in [5.74, 6) is 0.670. The minimum Gasteiger partial charge on any atom is -0.457 e. The average Bonchev–Trinajstić information content (AvgIpc) is 2.35. The lowest BCUT2D eigenvalue weighted by Crippen LogP contribution is -2.16. The summed E-state index contributed by atoms with van der Waals surface area (Å²) >= 11 is 0. The smallest absolute Gasteiger partial charge is 0.457 e. The fourth-order valence-corrected chi connectivity index (χ4v) is 1.56. The second-order valence-electron chi connectivity index (χ2n) is 4.14. The first-order chi connectivity index (χ1) is 9.33. The summed E-state index contributed by atoms with van der Waals surface area (Å²) in [6.45, 7) is 1.84. The lowest BCUT2D eigenvalue weighted by atomic mass is 10.2. The number of alkyl halides is 3. The molecule has 2 N–H and O–H groups in total. The summed E-state index contributed by atoms with van der Waals surface area (Å²) in [6, 6.07) is 10.3. The van der Waals surface area contributed by atoms with Gasteiger partial charge in [-0.3, -0.25) is 0 Å². The number of anilines is 1. The predicted octanol–water partition coefficient (Wildman–Crippen LogP) is 4.27. The molecule has 2 aromatic carbocycles. The third-order valence-electron chi connectivity index (χ3n) is 2.53. The van der Waals surface area contributed by atoms with E-state index in [1.165, 1.54) is 24.3 Å². The number of hydrogen-bond donors (Lipinski definition) is 1. The van der Waals surface area contributed by atoms with E-state index in [2.05, 4.69) is 4.74 Å². The molecule has 0 amide bonds. The Balaban J connectivity index is 2.08. The van der Waals surface area contributed by atoms with Crippen molar-refractivity contribution in [1.82, 2.24) is 0 Å². The fourth-order valence-electron chi connectivity index (χ4n) is 1.56. The highest BCUT2D eigenvalue weighted by Gasteiger charge is 2.30. The van der Waals surface area contributed by atoms with E-state index in [1.54, 1.807) is 18.2 Å². The highest BCUT2D eigenvalue weighted by atomic mass is 19.4. The quantitative estimate of drug-likeness (QED) is 0.856. The minimum absolute atomic E-state index is 0.293. The zero-order valence-electron chi connectivity index (χ0n) is 10.6. The van der Waals surface area contributed by atoms with Crippen LogP contribution in [0.4, 0.5) is 18.9 Å². The van der Waals surface area contributed by atoms with Crippen molar-refractivity contribution in [3.05, 3.63) is 48.0 Å². The lowest BCUT2D eigenvalue weighted by molar-refractivity contribution is -0.274. The van der Waals surface area contributed by atoms with E-state index in [1.807, 2.05) is 6.92 Å². The molecule has 6 heteroatoms. The van der Waals surface area contributed by atoms with Crippen LogP contribution >= 0.6 is 0 Å². The van der Waals surface area contributed by atoms with Crippen LogP contribution in [0, 0.1) is 6.92 Å². The summed E-state index contributed by atoms with van der Waals surface area (Å²) in [5.41, 5.74) is 7.19. The Morgan fingerprint density at radius 3 is 2.00 bits per heavy atom. The van der Waals surface area contributed by atoms with Crippen molar-refractivity contribution in [3.8, 4) is 17.2 Å². The second kappa shape index (κ2) is 5.32. The van der Waals surface area contributed by atoms with Crippen LogP contribution in [0.3, 0.4) is 0 Å². The largest absolute Gasteiger partial charge is 0.573 e. The van der Waals surface area contributed by atoms with Gasteiger partial charge in [0, 0.05) is 5.69 Å². The highest BCUT2D eigenvalue weighted by Crippen LogP contribution is 2.28. The van der Waals surface area contributed by atoms with Crippen LogP contribution < -0.4 is 15.2 Å². The lowest BCUT2D eigenvalue weighted by Gasteiger charge is -2.10. The molecule has 2 aromatic rings. The first-order valence-corrected chi connectivity index (χ1v) is 5.73. The molecule has 0 bridgehead atoms. The maximum absolute atomic E-state index is 12.0. The summed E-state index contributed by atoms with van der Waals surface area (Å²) in [6.07, 6.45) is -4.70. The van der Waals surface area contributed by atoms with Crippen molar-refractivity contribution in [2.45, 2.75) is 13.3 Å². The highest BCUT2D eigenvalue weighted by molar-refractivity contribution is 5.50. The third-order valence-corrected chi connectivity index (χ3v) is 2.53. The molecule has 0 aliphatic rings. The molecule has 0 heterocycles. The van der Waals surface area contributed by atoms with Crippen molar-refractivity contribution >= 4 is 5.69 Å². The summed E-state index contributed by atoms with van der Waals surface area (Å²) in [7, 11) is 0. The van der Waals surface area contributed by atoms with Crippen molar-refractivity contribution in [2.75, 3.05) is 5.73 Å². The van der Waals surface area contributed by atoms with Gasteiger partial charge in [0.1, 0.15) is 17.2 Å². The Morgan fingerprint density at radius 1 is 0.900 bits per heavy atom. The van der Waals surface area contributed by atoms with E-state index >= 15 is 0 Å². The second-order valence-corrected chi connectivity index (χ2v) is 4.14. The standard InChI is InChI=1S/C14H12F3NO2/c1-9-8-12(6-7-13(9)18)19-10-2-4-11(5-3-10)20-14(15,16)17/h2-8H,18H2,1H3. The van der Waals surface area contributed by atoms with Gasteiger partial charge in [-0.25, -0.2) is 0 Å². The number of halogens is 3. The Hall–Kier alpha value is -2.37. The maximum atomic E-state index is 12.0. The van der Waals surface area contributed by atoms with Gasteiger partial charge >= 0.3 is 6.36 Å². The molecular formula is C14H12F3NO2. The van der Waals surface area contributed by atoms with Crippen molar-refractivity contribution in [3.63, 3.8) is 0 Å². The number of aryl methyl sites for hydroxylation is 1. The zero-order chi connectivity index (χ0) is 14.8. The van der Waals surface area contributed by atoms with Crippen LogP contribution in [0.2, 0.25) is 0 Å². The number of rotatable bonds is 3. The van der Waals surface area contributed by atoms with Gasteiger partial charge in [-0.2, -0.15) is 0 Å². The van der Waals surface area contributed by atoms with Crippen LogP contribution in [0.25, 0.3) is 0 Å². The van der Waals surface area contributed by atoms with Crippen molar-refractivity contribution in [2.24, 2.45) is 0 Å². The molecule has 106 valence electrons. The molecule has 2 rings (SSSR count). The zero-order valence-corrected chi connectivity index (χ0v) is 10.6. The summed E-state index contributed by atoms with van der Waals surface area (Å²) < 4.78 is 45.3. The molecule has 3 nitrogen and oxygen atoms in total. The molecule has 0 aromatic heterocycles. The SMILES string of the molecule is Cc1cc(Oc2ccc(OC(F)(F)F)cc2)ccc1N. The van der Waals surface area contributed by atoms with Crippen LogP contribution in [0.15, 0.2) is 42.5 Å². The first-order valence-electron chi connectivity index (χ1n) is 5.73. The van der Waals surface area contributed by atoms with Crippen LogP contribution in [-0.2, 0) is 0 Å². The van der Waals surface area contributed by atoms with Gasteiger partial charge in [0.2, 0.25) is 0 Å². The molecule has 0 saturated carbocycles. The van der Waals surface area contributed by atoms with Crippen LogP contribution in [-0.4, -0.2) is 6.36 Å². The molecule has 0 atom stereocenters. The Morgan fingerprint density at radius 2 is 1.45 bits per heavy atom. The van der Waals surface area contributed by atoms with Gasteiger partial charge in [0.15, 0.2) is 0 Å². The molecule has 0 radical (unpaired) electrons. The Bertz CT molecular complexity index is 594. The number of nitrogen functional groups attached to an aromatic ring is 1. The monoisotopic (exact) mass is 283 g/mol. The Labute approximate surface area is 113 Å². The summed E-state index contributed by atoms with van der Waals surface area (Å²) in [4.78, 5) is 0. The summed E-state index contributed by atoms with van der Waals surface area (Å²) in [5, 5.41) is 0. The third kappa shape index (κ3) is 3.81. The molecule has 0 unspecified atom stereocenters. The molecule has 20 heavy (non-hydrogen) atoms. The van der Waals surface area contributed by atoms with E-state index in [4.69, 9.17) is 10.5 Å². The minimum atomic E-state index is -4.70. The van der Waals surface area contributed by atoms with Gasteiger partial charge in [-0.1, -0.05) is 0 Å². The van der Waals surface area contributed by atoms with Crippen LogP contribution in [0.5, 0.6) is 17.2 Å². The van der Waals surface area contributed by atoms with Gasteiger partial charge in [-0.05, 0) is 55.0 Å². The van der Waals surface area contributed by atoms with Crippen LogP contribution in [0.1, 0.15) is 5.56 Å². The van der Waals surface area contributed by atoms with Gasteiger partial charge in [-0.15, -0.1) is 13.2 Å². The number of ether oxygens (including phenoxy) is 2. The molecule has 0 aliphatic carbocycles. The molecule has 0 spiro atoms. The van der Waals surface area contributed by atoms with Gasteiger partial charge < -0.3 is 15.2 Å². The van der Waals surface area contributed by atoms with Gasteiger partial charge in [0.25, 0.3) is 0 Å². The van der Waals surface area contributed by atoms with E-state index in [0.717, 1.165) is 5.56 Å². The van der Waals surface area contributed by atoms with E-state index in [9.17, 15) is 13.2 Å². The molecule has 0 aliphatic heterocycles. The van der Waals surface area contributed by atoms with E-state index in [0.29, 0.717) is 17.2 Å². The molecular weight excluding hydrogens is 271 g/mol. The fraction of sp³-hybridized carbons (Fsp3) is 0.143. The average molecular weight is 283 g/mol. The Kier molecular flexibility index (Phi) is 3.74. The number of hydrogen-bond acceptors (Lipinski definition) is 3. The number of benzene rings is 2. The molecule has 0 fully saturated rings. The maximum Gasteiger partial charge on any atom is 0.573 e. The van der Waals surface area contributed by atoms with Gasteiger partial charge in [0.05, 0.1) is 0 Å². The van der Waals surface area contributed by atoms with E-state index in [-0.39, 0.29) is 5.75 Å². The normalized spacial score (nSPS) is 11.2. The predicted molar refractivity (Wildman–Crippen MR) is 68.8 cm³/mol. The van der Waals surface area contributed by atoms with Crippen molar-refractivity contribution < 1.29 is 22.6 Å². The topological polar surface area (TPSA) is 44.5 Å². The molecule has 0 saturated heterocycles.